The molecule has 0 aliphatic carbocycles. The number of amides is 1. The molecular formula is C19H22N6O. The molecule has 0 bridgehead atoms. The van der Waals surface area contributed by atoms with Crippen LogP contribution in [0.25, 0.3) is 11.0 Å². The van der Waals surface area contributed by atoms with E-state index in [4.69, 9.17) is 5.73 Å². The average molecular weight is 350 g/mol. The smallest absolute Gasteiger partial charge is 0.274 e. The van der Waals surface area contributed by atoms with Crippen LogP contribution in [0, 0.1) is 11.8 Å². The minimum Gasteiger partial charge on any atom is -0.346 e. The number of H-pyrrole nitrogens is 1. The van der Waals surface area contributed by atoms with Crippen LogP contribution in [-0.2, 0) is 5.66 Å². The molecule has 1 aliphatic rings. The minimum absolute atomic E-state index is 0.0249. The molecule has 3 unspecified atom stereocenters. The van der Waals surface area contributed by atoms with E-state index in [2.05, 4.69) is 33.8 Å². The monoisotopic (exact) mass is 350 g/mol. The highest BCUT2D eigenvalue weighted by molar-refractivity contribution is 5.93. The molecule has 1 fully saturated rings. The summed E-state index contributed by atoms with van der Waals surface area (Å²) in [5.41, 5.74) is 7.75. The third-order valence-electron chi connectivity index (χ3n) is 5.66. The number of likely N-dealkylation sites (tertiary alicyclic amines) is 1. The van der Waals surface area contributed by atoms with Gasteiger partial charge in [0.05, 0.1) is 5.69 Å². The summed E-state index contributed by atoms with van der Waals surface area (Å²) in [7, 11) is 0. The van der Waals surface area contributed by atoms with E-state index in [1.807, 2.05) is 18.3 Å². The Morgan fingerprint density at radius 1 is 1.27 bits per heavy atom. The topological polar surface area (TPSA) is 101 Å². The summed E-state index contributed by atoms with van der Waals surface area (Å²) in [5.74, 6) is 0.211. The largest absolute Gasteiger partial charge is 0.346 e. The first-order valence-corrected chi connectivity index (χ1v) is 8.84. The number of pyridine rings is 1. The molecule has 0 radical (unpaired) electrons. The van der Waals surface area contributed by atoms with Gasteiger partial charge >= 0.3 is 0 Å². The van der Waals surface area contributed by atoms with Gasteiger partial charge in [-0.05, 0) is 30.5 Å². The van der Waals surface area contributed by atoms with Crippen LogP contribution in [0.2, 0.25) is 0 Å². The predicted molar refractivity (Wildman–Crippen MR) is 98.0 cm³/mol. The zero-order valence-corrected chi connectivity index (χ0v) is 14.9. The third kappa shape index (κ3) is 2.39. The molecular weight excluding hydrogens is 328 g/mol. The van der Waals surface area contributed by atoms with Crippen molar-refractivity contribution in [2.75, 3.05) is 6.54 Å². The summed E-state index contributed by atoms with van der Waals surface area (Å²) >= 11 is 0. The molecule has 26 heavy (non-hydrogen) atoms. The van der Waals surface area contributed by atoms with E-state index in [0.29, 0.717) is 23.9 Å². The molecule has 3 aromatic rings. The number of nitrogens with zero attached hydrogens (tertiary/aromatic N) is 4. The molecule has 1 aliphatic heterocycles. The Morgan fingerprint density at radius 3 is 2.88 bits per heavy atom. The van der Waals surface area contributed by atoms with Crippen LogP contribution in [-0.4, -0.2) is 37.3 Å². The maximum atomic E-state index is 13.2. The molecule has 134 valence electrons. The molecule has 7 heteroatoms. The molecule has 3 aromatic heterocycles. The summed E-state index contributed by atoms with van der Waals surface area (Å²) in [6.45, 7) is 4.82. The van der Waals surface area contributed by atoms with Gasteiger partial charge in [-0.25, -0.2) is 9.97 Å². The molecule has 1 amide bonds. The molecule has 4 rings (SSSR count). The van der Waals surface area contributed by atoms with Gasteiger partial charge in [-0.1, -0.05) is 19.9 Å². The van der Waals surface area contributed by atoms with Crippen molar-refractivity contribution in [1.82, 2.24) is 24.8 Å². The van der Waals surface area contributed by atoms with Crippen molar-refractivity contribution in [3.05, 3.63) is 54.4 Å². The zero-order chi connectivity index (χ0) is 18.3. The van der Waals surface area contributed by atoms with Gasteiger partial charge in [0.2, 0.25) is 0 Å². The normalized spacial score (nSPS) is 26.2. The number of aromatic nitrogens is 4. The number of hydrogen-bond donors (Lipinski definition) is 2. The van der Waals surface area contributed by atoms with Crippen molar-refractivity contribution in [1.29, 1.82) is 0 Å². The van der Waals surface area contributed by atoms with E-state index in [-0.39, 0.29) is 11.8 Å². The molecule has 1 saturated heterocycles. The van der Waals surface area contributed by atoms with Gasteiger partial charge in [-0.15, -0.1) is 0 Å². The number of nitrogens with one attached hydrogen (secondary N) is 1. The Bertz CT molecular complexity index is 939. The second-order valence-electron chi connectivity index (χ2n) is 7.01. The van der Waals surface area contributed by atoms with Gasteiger partial charge in [0.15, 0.2) is 0 Å². The van der Waals surface area contributed by atoms with Crippen LogP contribution in [0.4, 0.5) is 0 Å². The van der Waals surface area contributed by atoms with E-state index in [9.17, 15) is 4.79 Å². The fourth-order valence-electron chi connectivity index (χ4n) is 3.88. The summed E-state index contributed by atoms with van der Waals surface area (Å²) in [6, 6.07) is 7.23. The first-order chi connectivity index (χ1) is 12.5. The van der Waals surface area contributed by atoms with Crippen molar-refractivity contribution < 1.29 is 4.79 Å². The number of aromatic amines is 1. The van der Waals surface area contributed by atoms with Gasteiger partial charge < -0.3 is 15.6 Å². The van der Waals surface area contributed by atoms with Crippen molar-refractivity contribution in [3.63, 3.8) is 0 Å². The average Bonchev–Trinajstić information content (AvgIpc) is 3.15. The maximum absolute atomic E-state index is 13.2. The summed E-state index contributed by atoms with van der Waals surface area (Å²) < 4.78 is 0. The van der Waals surface area contributed by atoms with E-state index < -0.39 is 5.66 Å². The number of carbonyl (C=O) groups is 1. The van der Waals surface area contributed by atoms with Crippen LogP contribution in [0.3, 0.4) is 0 Å². The number of nitrogens with two attached hydrogens (primary N) is 1. The summed E-state index contributed by atoms with van der Waals surface area (Å²) in [4.78, 5) is 31.1. The van der Waals surface area contributed by atoms with Crippen molar-refractivity contribution in [2.24, 2.45) is 17.6 Å². The molecule has 7 nitrogen and oxygen atoms in total. The Kier molecular flexibility index (Phi) is 3.96. The highest BCUT2D eigenvalue weighted by atomic mass is 16.2. The highest BCUT2D eigenvalue weighted by Gasteiger charge is 2.49. The maximum Gasteiger partial charge on any atom is 0.274 e. The van der Waals surface area contributed by atoms with Gasteiger partial charge in [0.25, 0.3) is 5.91 Å². The zero-order valence-electron chi connectivity index (χ0n) is 14.9. The standard InChI is InChI=1S/C19H22N6O/c1-12-7-10-25(18(26)15-5-3-4-8-21-15)19(20,13(12)2)16-14-6-9-22-17(14)24-11-23-16/h3-6,8-9,11-13H,7,10,20H2,1-2H3,(H,22,23,24). The number of hydrogen-bond acceptors (Lipinski definition) is 5. The predicted octanol–water partition coefficient (Wildman–Crippen LogP) is 2.28. The first kappa shape index (κ1) is 16.7. The second kappa shape index (κ2) is 6.17. The minimum atomic E-state index is -1.03. The van der Waals surface area contributed by atoms with Crippen LogP contribution >= 0.6 is 0 Å². The van der Waals surface area contributed by atoms with E-state index in [0.717, 1.165) is 17.5 Å². The number of fused-ring (bicyclic) bond motifs is 1. The lowest BCUT2D eigenvalue weighted by Crippen LogP contribution is -2.64. The van der Waals surface area contributed by atoms with E-state index in [1.165, 1.54) is 6.33 Å². The van der Waals surface area contributed by atoms with Crippen molar-refractivity contribution >= 4 is 16.9 Å². The Morgan fingerprint density at radius 2 is 2.12 bits per heavy atom. The van der Waals surface area contributed by atoms with Crippen LogP contribution in [0.5, 0.6) is 0 Å². The second-order valence-corrected chi connectivity index (χ2v) is 7.01. The van der Waals surface area contributed by atoms with E-state index in [1.54, 1.807) is 23.2 Å². The summed E-state index contributed by atoms with van der Waals surface area (Å²) in [6.07, 6.45) is 5.82. The molecule has 4 heterocycles. The van der Waals surface area contributed by atoms with Crippen LogP contribution in [0.1, 0.15) is 36.5 Å². The number of carbonyl (C=O) groups excluding carboxylic acids is 1. The Labute approximate surface area is 151 Å². The summed E-state index contributed by atoms with van der Waals surface area (Å²) in [5, 5.41) is 0.842. The molecule has 3 N–H and O–H groups in total. The third-order valence-corrected chi connectivity index (χ3v) is 5.66. The van der Waals surface area contributed by atoms with Gasteiger partial charge in [0, 0.05) is 30.2 Å². The van der Waals surface area contributed by atoms with Gasteiger partial charge in [-0.3, -0.25) is 9.78 Å². The lowest BCUT2D eigenvalue weighted by molar-refractivity contribution is -0.0166. The Balaban J connectivity index is 1.88. The number of rotatable bonds is 2. The first-order valence-electron chi connectivity index (χ1n) is 8.84. The highest BCUT2D eigenvalue weighted by Crippen LogP contribution is 2.42. The molecule has 0 aromatic carbocycles. The SMILES string of the molecule is CC1CCN(C(=O)c2ccccn2)C(N)(c2ncnc3[nH]ccc23)C1C. The molecule has 0 spiro atoms. The van der Waals surface area contributed by atoms with Crippen molar-refractivity contribution in [2.45, 2.75) is 25.9 Å². The van der Waals surface area contributed by atoms with E-state index >= 15 is 0 Å². The van der Waals surface area contributed by atoms with Crippen molar-refractivity contribution in [3.8, 4) is 0 Å². The van der Waals surface area contributed by atoms with Gasteiger partial charge in [-0.2, -0.15) is 0 Å². The molecule has 3 atom stereocenters. The molecule has 0 saturated carbocycles. The number of piperidine rings is 1. The van der Waals surface area contributed by atoms with Gasteiger partial charge in [0.1, 0.15) is 23.3 Å². The lowest BCUT2D eigenvalue weighted by Gasteiger charge is -2.50. The fraction of sp³-hybridized carbons (Fsp3) is 0.368. The fourth-order valence-corrected chi connectivity index (χ4v) is 3.88. The van der Waals surface area contributed by atoms with Crippen LogP contribution in [0.15, 0.2) is 43.0 Å². The lowest BCUT2D eigenvalue weighted by atomic mass is 9.75. The van der Waals surface area contributed by atoms with Crippen LogP contribution < -0.4 is 5.73 Å². The Hall–Kier alpha value is -2.80. The quantitative estimate of drug-likeness (QED) is 0.738.